The molecule has 0 radical (unpaired) electrons. The summed E-state index contributed by atoms with van der Waals surface area (Å²) in [4.78, 5) is 0. The van der Waals surface area contributed by atoms with Crippen LogP contribution in [0, 0.1) is 5.41 Å². The second-order valence-electron chi connectivity index (χ2n) is 3.23. The Morgan fingerprint density at radius 3 is 1.67 bits per heavy atom. The molecule has 4 heteroatoms. The summed E-state index contributed by atoms with van der Waals surface area (Å²) in [7, 11) is -1.94. The molecule has 0 N–H and O–H groups in total. The summed E-state index contributed by atoms with van der Waals surface area (Å²) in [5.74, 6) is 0. The Balaban J connectivity index is 2.13. The first kappa shape index (κ1) is 5.03. The van der Waals surface area contributed by atoms with Gasteiger partial charge in [-0.1, -0.05) is 0 Å². The van der Waals surface area contributed by atoms with Gasteiger partial charge in [0.1, 0.15) is 0 Å². The summed E-state index contributed by atoms with van der Waals surface area (Å²) < 4.78 is 16.3. The van der Waals surface area contributed by atoms with Crippen molar-refractivity contribution < 1.29 is 13.6 Å². The first-order chi connectivity index (χ1) is 4.33. The van der Waals surface area contributed by atoms with Gasteiger partial charge < -0.3 is 0 Å². The molecular formula is C5H9O3P. The van der Waals surface area contributed by atoms with Crippen LogP contribution >= 0.6 is 7.94 Å². The quantitative estimate of drug-likeness (QED) is 0.470. The summed E-state index contributed by atoms with van der Waals surface area (Å²) in [6.45, 7) is 2.71. The van der Waals surface area contributed by atoms with E-state index in [2.05, 4.69) is 0 Å². The maximum atomic E-state index is 5.42. The molecule has 0 aromatic heterocycles. The van der Waals surface area contributed by atoms with Crippen LogP contribution < -0.4 is 0 Å². The van der Waals surface area contributed by atoms with E-state index >= 15 is 0 Å². The summed E-state index contributed by atoms with van der Waals surface area (Å²) in [6.07, 6.45) is 1.10. The molecule has 3 heterocycles. The van der Waals surface area contributed by atoms with Crippen molar-refractivity contribution in [2.45, 2.75) is 0 Å². The minimum absolute atomic E-state index is 0.312. The van der Waals surface area contributed by atoms with Crippen molar-refractivity contribution in [3.63, 3.8) is 0 Å². The van der Waals surface area contributed by atoms with Gasteiger partial charge in [-0.3, -0.25) is 0 Å². The van der Waals surface area contributed by atoms with Crippen LogP contribution in [-0.2, 0) is 13.6 Å². The molecule has 0 unspecified atom stereocenters. The van der Waals surface area contributed by atoms with E-state index in [9.17, 15) is 0 Å². The fourth-order valence-electron chi connectivity index (χ4n) is 1.80. The van der Waals surface area contributed by atoms with Gasteiger partial charge in [-0.25, -0.2) is 0 Å². The van der Waals surface area contributed by atoms with Crippen molar-refractivity contribution >= 4 is 7.94 Å². The summed E-state index contributed by atoms with van der Waals surface area (Å²) in [6, 6.07) is 0. The standard InChI is InChI=1S/C5H9O3P/c1-5-2-7-9(4-5,6-1)8-3-5/h9H,1-4H2. The molecule has 2 bridgehead atoms. The first-order valence-corrected chi connectivity index (χ1v) is 5.18. The fourth-order valence-corrected chi connectivity index (χ4v) is 5.16. The van der Waals surface area contributed by atoms with Crippen LogP contribution in [0.5, 0.6) is 0 Å². The van der Waals surface area contributed by atoms with Crippen molar-refractivity contribution in [3.05, 3.63) is 0 Å². The third-order valence-electron chi connectivity index (χ3n) is 2.39. The van der Waals surface area contributed by atoms with E-state index in [4.69, 9.17) is 13.6 Å². The van der Waals surface area contributed by atoms with Crippen molar-refractivity contribution in [2.75, 3.05) is 26.0 Å². The van der Waals surface area contributed by atoms with E-state index in [-0.39, 0.29) is 0 Å². The monoisotopic (exact) mass is 148 g/mol. The van der Waals surface area contributed by atoms with Gasteiger partial charge in [0.2, 0.25) is 0 Å². The van der Waals surface area contributed by atoms with E-state index < -0.39 is 7.94 Å². The van der Waals surface area contributed by atoms with Crippen LogP contribution in [0.15, 0.2) is 0 Å². The third kappa shape index (κ3) is 0.444. The van der Waals surface area contributed by atoms with Crippen molar-refractivity contribution in [3.8, 4) is 0 Å². The molecule has 0 spiro atoms. The van der Waals surface area contributed by atoms with Crippen LogP contribution in [0.3, 0.4) is 0 Å². The molecule has 52 valence electrons. The molecule has 0 atom stereocenters. The predicted molar refractivity (Wildman–Crippen MR) is 33.5 cm³/mol. The molecule has 0 aliphatic carbocycles. The molecule has 3 nitrogen and oxygen atoms in total. The van der Waals surface area contributed by atoms with Gasteiger partial charge in [0.05, 0.1) is 0 Å². The average Bonchev–Trinajstić information content (AvgIpc) is 2.49. The topological polar surface area (TPSA) is 27.7 Å². The fraction of sp³-hybridized carbons (Fsp3) is 1.00. The van der Waals surface area contributed by atoms with E-state index in [1.54, 1.807) is 0 Å². The van der Waals surface area contributed by atoms with Crippen molar-refractivity contribution in [1.29, 1.82) is 0 Å². The van der Waals surface area contributed by atoms with Gasteiger partial charge in [0, 0.05) is 0 Å². The van der Waals surface area contributed by atoms with Crippen LogP contribution in [0.4, 0.5) is 0 Å². The van der Waals surface area contributed by atoms with Crippen LogP contribution in [0.1, 0.15) is 0 Å². The molecule has 9 heavy (non-hydrogen) atoms. The Labute approximate surface area is 53.9 Å². The van der Waals surface area contributed by atoms with Crippen LogP contribution in [-0.4, -0.2) is 26.0 Å². The number of rotatable bonds is 0. The summed E-state index contributed by atoms with van der Waals surface area (Å²) >= 11 is 0. The molecule has 3 saturated heterocycles. The van der Waals surface area contributed by atoms with Crippen LogP contribution in [0.25, 0.3) is 0 Å². The molecule has 3 aliphatic rings. The Hall–Kier alpha value is 0.310. The molecule has 3 rings (SSSR count). The van der Waals surface area contributed by atoms with E-state index in [1.165, 1.54) is 0 Å². The molecule has 0 aromatic carbocycles. The zero-order valence-electron chi connectivity index (χ0n) is 5.05. The Kier molecular flexibility index (Phi) is 0.665. The van der Waals surface area contributed by atoms with Crippen molar-refractivity contribution in [2.24, 2.45) is 5.41 Å². The second kappa shape index (κ2) is 1.19. The molecule has 3 aliphatic heterocycles. The SMILES string of the molecule is C1O[PH]23CC1(CO2)CO3. The molecule has 0 saturated carbocycles. The first-order valence-electron chi connectivity index (χ1n) is 3.25. The number of hydrogen-bond acceptors (Lipinski definition) is 3. The van der Waals surface area contributed by atoms with Gasteiger partial charge >= 0.3 is 52.9 Å². The Morgan fingerprint density at radius 2 is 1.56 bits per heavy atom. The molecule has 3 fully saturated rings. The summed E-state index contributed by atoms with van der Waals surface area (Å²) in [5, 5.41) is 0. The zero-order chi connectivity index (χ0) is 5.95. The van der Waals surface area contributed by atoms with E-state index in [0.29, 0.717) is 5.41 Å². The Morgan fingerprint density at radius 1 is 1.00 bits per heavy atom. The van der Waals surface area contributed by atoms with Crippen LogP contribution in [0.2, 0.25) is 0 Å². The minimum atomic E-state index is -1.94. The van der Waals surface area contributed by atoms with Gasteiger partial charge in [0.15, 0.2) is 0 Å². The third-order valence-corrected chi connectivity index (χ3v) is 5.32. The normalized spacial score (nSPS) is 54.2. The van der Waals surface area contributed by atoms with E-state index in [0.717, 1.165) is 26.0 Å². The van der Waals surface area contributed by atoms with Gasteiger partial charge in [-0.2, -0.15) is 0 Å². The number of hydrogen-bond donors (Lipinski definition) is 0. The zero-order valence-corrected chi connectivity index (χ0v) is 6.05. The van der Waals surface area contributed by atoms with Gasteiger partial charge in [0.25, 0.3) is 0 Å². The average molecular weight is 148 g/mol. The summed E-state index contributed by atoms with van der Waals surface area (Å²) in [5.41, 5.74) is 0.312. The molecular weight excluding hydrogens is 139 g/mol. The van der Waals surface area contributed by atoms with Gasteiger partial charge in [-0.15, -0.1) is 0 Å². The van der Waals surface area contributed by atoms with Gasteiger partial charge in [-0.05, 0) is 0 Å². The predicted octanol–water partition coefficient (Wildman–Crippen LogP) is 0.558. The Bertz CT molecular complexity index is 127. The molecule has 0 aromatic rings. The molecule has 0 amide bonds. The second-order valence-corrected chi connectivity index (χ2v) is 5.81. The van der Waals surface area contributed by atoms with Crippen molar-refractivity contribution in [1.82, 2.24) is 0 Å². The van der Waals surface area contributed by atoms with E-state index in [1.807, 2.05) is 0 Å². The maximum absolute atomic E-state index is 5.42.